The van der Waals surface area contributed by atoms with Crippen molar-refractivity contribution in [3.05, 3.63) is 53.6 Å². The summed E-state index contributed by atoms with van der Waals surface area (Å²) in [6.07, 6.45) is 1.48. The summed E-state index contributed by atoms with van der Waals surface area (Å²) in [5, 5.41) is 0. The first-order chi connectivity index (χ1) is 13.2. The van der Waals surface area contributed by atoms with Gasteiger partial charge in [0.25, 0.3) is 0 Å². The molecule has 3 rings (SSSR count). The van der Waals surface area contributed by atoms with E-state index in [9.17, 15) is 22.0 Å². The maximum Gasteiger partial charge on any atom is 0.573 e. The molecule has 0 aromatic heterocycles. The molecular formula is C22H23F5O. The van der Waals surface area contributed by atoms with Crippen LogP contribution < -0.4 is 4.74 Å². The zero-order chi connectivity index (χ0) is 20.3. The Hall–Kier alpha value is -2.11. The summed E-state index contributed by atoms with van der Waals surface area (Å²) in [4.78, 5) is 0. The van der Waals surface area contributed by atoms with Crippen LogP contribution in [0.2, 0.25) is 0 Å². The molecule has 6 heteroatoms. The van der Waals surface area contributed by atoms with Crippen molar-refractivity contribution in [3.63, 3.8) is 0 Å². The molecular weight excluding hydrogens is 375 g/mol. The summed E-state index contributed by atoms with van der Waals surface area (Å²) in [5.74, 6) is -0.650. The highest BCUT2D eigenvalue weighted by Crippen LogP contribution is 2.34. The summed E-state index contributed by atoms with van der Waals surface area (Å²) in [5.41, 5.74) is 0.548. The fraction of sp³-hybridized carbons (Fsp3) is 0.455. The van der Waals surface area contributed by atoms with E-state index in [4.69, 9.17) is 0 Å². The average molecular weight is 398 g/mol. The second-order valence-electron chi connectivity index (χ2n) is 7.51. The molecule has 1 aliphatic rings. The third-order valence-corrected chi connectivity index (χ3v) is 5.55. The topological polar surface area (TPSA) is 9.23 Å². The van der Waals surface area contributed by atoms with Crippen LogP contribution in [0.3, 0.4) is 0 Å². The predicted molar refractivity (Wildman–Crippen MR) is 97.9 cm³/mol. The number of rotatable bonds is 5. The highest BCUT2D eigenvalue weighted by atomic mass is 19.4. The van der Waals surface area contributed by atoms with Gasteiger partial charge in [0.05, 0.1) is 5.56 Å². The van der Waals surface area contributed by atoms with Gasteiger partial charge in [-0.15, -0.1) is 13.2 Å². The highest BCUT2D eigenvalue weighted by Gasteiger charge is 2.31. The van der Waals surface area contributed by atoms with Crippen molar-refractivity contribution in [2.24, 2.45) is 11.8 Å². The summed E-state index contributed by atoms with van der Waals surface area (Å²) < 4.78 is 69.6. The van der Waals surface area contributed by atoms with Gasteiger partial charge in [0.2, 0.25) is 0 Å². The molecule has 0 amide bonds. The van der Waals surface area contributed by atoms with Crippen molar-refractivity contribution in [2.45, 2.75) is 51.8 Å². The van der Waals surface area contributed by atoms with Crippen molar-refractivity contribution in [2.75, 3.05) is 0 Å². The SMILES string of the molecule is CCC1CCC(Cc2cc(F)c(-c3ccc(OC(F)(F)F)cc3)c(F)c2)CC1. The third-order valence-electron chi connectivity index (χ3n) is 5.55. The molecule has 1 aliphatic carbocycles. The lowest BCUT2D eigenvalue weighted by molar-refractivity contribution is -0.274. The second-order valence-corrected chi connectivity index (χ2v) is 7.51. The number of halogens is 5. The first kappa shape index (κ1) is 20.6. The van der Waals surface area contributed by atoms with Crippen LogP contribution in [0.15, 0.2) is 36.4 Å². The van der Waals surface area contributed by atoms with E-state index in [0.717, 1.165) is 43.7 Å². The van der Waals surface area contributed by atoms with E-state index in [1.165, 1.54) is 30.7 Å². The number of alkyl halides is 3. The fourth-order valence-corrected chi connectivity index (χ4v) is 4.02. The van der Waals surface area contributed by atoms with Gasteiger partial charge in [-0.2, -0.15) is 0 Å². The minimum Gasteiger partial charge on any atom is -0.406 e. The van der Waals surface area contributed by atoms with E-state index in [-0.39, 0.29) is 11.1 Å². The number of ether oxygens (including phenoxy) is 1. The Morgan fingerprint density at radius 3 is 1.93 bits per heavy atom. The molecule has 0 atom stereocenters. The molecule has 0 unspecified atom stereocenters. The Morgan fingerprint density at radius 2 is 1.43 bits per heavy atom. The van der Waals surface area contributed by atoms with Crippen LogP contribution in [0.4, 0.5) is 22.0 Å². The molecule has 0 radical (unpaired) electrons. The first-order valence-electron chi connectivity index (χ1n) is 9.59. The molecule has 2 aromatic rings. The van der Waals surface area contributed by atoms with Crippen LogP contribution in [-0.4, -0.2) is 6.36 Å². The number of hydrogen-bond donors (Lipinski definition) is 0. The van der Waals surface area contributed by atoms with Gasteiger partial charge in [0.15, 0.2) is 0 Å². The van der Waals surface area contributed by atoms with Gasteiger partial charge < -0.3 is 4.74 Å². The van der Waals surface area contributed by atoms with Crippen molar-refractivity contribution in [1.82, 2.24) is 0 Å². The van der Waals surface area contributed by atoms with Crippen molar-refractivity contribution in [3.8, 4) is 16.9 Å². The van der Waals surface area contributed by atoms with E-state index < -0.39 is 23.7 Å². The van der Waals surface area contributed by atoms with Crippen LogP contribution in [0.5, 0.6) is 5.75 Å². The van der Waals surface area contributed by atoms with Crippen molar-refractivity contribution in [1.29, 1.82) is 0 Å². The Kier molecular flexibility index (Phi) is 6.26. The van der Waals surface area contributed by atoms with E-state index in [1.54, 1.807) is 0 Å². The zero-order valence-electron chi connectivity index (χ0n) is 15.7. The Bertz CT molecular complexity index is 767. The standard InChI is InChI=1S/C22H23F5O/c1-2-14-3-5-15(6-4-14)11-16-12-19(23)21(20(24)13-16)17-7-9-18(10-8-17)28-22(25,26)27/h7-10,12-15H,2-6,11H2,1H3. The Labute approximate surface area is 161 Å². The van der Waals surface area contributed by atoms with Crippen LogP contribution in [0.25, 0.3) is 11.1 Å². The molecule has 1 nitrogen and oxygen atoms in total. The summed E-state index contributed by atoms with van der Waals surface area (Å²) >= 11 is 0. The fourth-order valence-electron chi connectivity index (χ4n) is 4.02. The van der Waals surface area contributed by atoms with Crippen molar-refractivity contribution >= 4 is 0 Å². The average Bonchev–Trinajstić information content (AvgIpc) is 2.62. The molecule has 0 saturated heterocycles. The lowest BCUT2D eigenvalue weighted by atomic mass is 9.78. The minimum atomic E-state index is -4.81. The summed E-state index contributed by atoms with van der Waals surface area (Å²) in [6, 6.07) is 7.20. The van der Waals surface area contributed by atoms with E-state index in [2.05, 4.69) is 11.7 Å². The van der Waals surface area contributed by atoms with Gasteiger partial charge >= 0.3 is 6.36 Å². The molecule has 0 bridgehead atoms. The third kappa shape index (κ3) is 5.24. The summed E-state index contributed by atoms with van der Waals surface area (Å²) in [7, 11) is 0. The van der Waals surface area contributed by atoms with Gasteiger partial charge in [-0.25, -0.2) is 8.78 Å². The molecule has 2 aromatic carbocycles. The predicted octanol–water partition coefficient (Wildman–Crippen LogP) is 7.29. The molecule has 1 fully saturated rings. The van der Waals surface area contributed by atoms with Crippen LogP contribution in [0.1, 0.15) is 44.6 Å². The molecule has 0 aliphatic heterocycles. The first-order valence-corrected chi connectivity index (χ1v) is 9.59. The maximum atomic E-state index is 14.6. The van der Waals surface area contributed by atoms with Gasteiger partial charge in [0, 0.05) is 0 Å². The highest BCUT2D eigenvalue weighted by molar-refractivity contribution is 5.66. The Balaban J connectivity index is 1.73. The van der Waals surface area contributed by atoms with Crippen LogP contribution in [0, 0.1) is 23.5 Å². The van der Waals surface area contributed by atoms with Crippen LogP contribution in [-0.2, 0) is 6.42 Å². The van der Waals surface area contributed by atoms with E-state index in [1.807, 2.05) is 0 Å². The largest absolute Gasteiger partial charge is 0.573 e. The Morgan fingerprint density at radius 1 is 0.893 bits per heavy atom. The molecule has 152 valence electrons. The summed E-state index contributed by atoms with van der Waals surface area (Å²) in [6.45, 7) is 2.19. The lowest BCUT2D eigenvalue weighted by Crippen LogP contribution is -2.17. The van der Waals surface area contributed by atoms with Crippen LogP contribution >= 0.6 is 0 Å². The van der Waals surface area contributed by atoms with Gasteiger partial charge in [-0.1, -0.05) is 38.3 Å². The number of benzene rings is 2. The van der Waals surface area contributed by atoms with Crippen molar-refractivity contribution < 1.29 is 26.7 Å². The zero-order valence-corrected chi connectivity index (χ0v) is 15.7. The molecule has 28 heavy (non-hydrogen) atoms. The van der Waals surface area contributed by atoms with E-state index in [0.29, 0.717) is 17.9 Å². The molecule has 0 heterocycles. The maximum absolute atomic E-state index is 14.6. The molecule has 0 N–H and O–H groups in total. The van der Waals surface area contributed by atoms with Gasteiger partial charge in [-0.05, 0) is 66.5 Å². The molecule has 1 saturated carbocycles. The van der Waals surface area contributed by atoms with Gasteiger partial charge in [-0.3, -0.25) is 0 Å². The lowest BCUT2D eigenvalue weighted by Gasteiger charge is -2.27. The minimum absolute atomic E-state index is 0.166. The smallest absolute Gasteiger partial charge is 0.406 e. The second kappa shape index (κ2) is 8.50. The quantitative estimate of drug-likeness (QED) is 0.481. The van der Waals surface area contributed by atoms with Gasteiger partial charge in [0.1, 0.15) is 17.4 Å². The normalized spacial score (nSPS) is 20.2. The number of hydrogen-bond acceptors (Lipinski definition) is 1. The monoisotopic (exact) mass is 398 g/mol. The van der Waals surface area contributed by atoms with E-state index >= 15 is 0 Å². The molecule has 0 spiro atoms.